The number of nitrogen functional groups attached to an aromatic ring is 1. The third-order valence-corrected chi connectivity index (χ3v) is 16.5. The molecule has 5 aromatic heterocycles. The molecule has 5 N–H and O–H groups in total. The summed E-state index contributed by atoms with van der Waals surface area (Å²) < 4.78 is 24.1. The standard InChI is InChI=1S/C60H65N11O8S/c1-35(2)56(60(75)70-33-44(72)25-51(70)59(74)65-36(3)38-13-15-39(16-14-38)57-37(4)64-34-80-57)53-29-55(68-79-53)76-23-9-5-6-10-40-17-20-45(30-63-40)77-46-26-47(27-46)78-54-24-41(21-22-62-54)71-42-18-19-43(71)32-69(31-42)50-28-49(66-67-58(50)61)48-11-7-8-12-52(48)73/h7-8,11-17,20-22,24,28-30,34-36,42-44,46-47,51,56,72-73H,5,9,18-19,23,25-27,31-33H2,1-4H3,(H2,61,67)(H,65,74)/t36-,42?,43?,44+,46?,47?,51-,56-/m0/s1. The average molecular weight is 1100 g/mol. The maximum atomic E-state index is 14.2. The highest BCUT2D eigenvalue weighted by Gasteiger charge is 2.44. The molecule has 414 valence electrons. The van der Waals surface area contributed by atoms with E-state index in [0.717, 1.165) is 71.8 Å². The van der Waals surface area contributed by atoms with Crippen molar-refractivity contribution in [2.45, 2.75) is 121 Å². The zero-order chi connectivity index (χ0) is 55.4. The molecule has 2 bridgehead atoms. The second-order valence-electron chi connectivity index (χ2n) is 21.5. The number of nitrogens with two attached hydrogens (primary N) is 1. The average Bonchev–Trinajstić information content (AvgIpc) is 4.27. The summed E-state index contributed by atoms with van der Waals surface area (Å²) in [5, 5.41) is 36.8. The van der Waals surface area contributed by atoms with Crippen LogP contribution in [0.2, 0.25) is 0 Å². The summed E-state index contributed by atoms with van der Waals surface area (Å²) in [6, 6.07) is 25.9. The number of anilines is 3. The van der Waals surface area contributed by atoms with Gasteiger partial charge in [-0.2, -0.15) is 0 Å². The van der Waals surface area contributed by atoms with E-state index < -0.39 is 18.1 Å². The van der Waals surface area contributed by atoms with Crippen molar-refractivity contribution in [2.24, 2.45) is 5.92 Å². The van der Waals surface area contributed by atoms with Crippen LogP contribution in [0.15, 0.2) is 107 Å². The van der Waals surface area contributed by atoms with Gasteiger partial charge in [-0.25, -0.2) is 15.0 Å². The Morgan fingerprint density at radius 1 is 0.900 bits per heavy atom. The number of hydrogen-bond donors (Lipinski definition) is 4. The number of benzene rings is 2. The number of aliphatic hydroxyl groups excluding tert-OH is 1. The SMILES string of the molecule is Cc1ncsc1-c1ccc([C@H](C)NC(=O)[C@@H]2C[C@@H](O)CN2C(=O)[C@H](c2cc(OCCCC#Cc3ccc(OC4CC(Oc5cc(N6C7CCC6CN(c6cc(-c8ccccc8O)nnc6N)C7)ccn5)C4)cn3)no2)C(C)C)cc1. The van der Waals surface area contributed by atoms with E-state index >= 15 is 0 Å². The van der Waals surface area contributed by atoms with Crippen LogP contribution in [0.4, 0.5) is 17.2 Å². The van der Waals surface area contributed by atoms with E-state index in [4.69, 9.17) is 24.5 Å². The number of nitrogens with one attached hydrogen (secondary N) is 1. The minimum absolute atomic E-state index is 0.000966. The lowest BCUT2D eigenvalue weighted by Gasteiger charge is -2.43. The van der Waals surface area contributed by atoms with E-state index in [1.807, 2.05) is 100 Å². The number of likely N-dealkylation sites (tertiary alicyclic amines) is 1. The number of para-hydroxylation sites is 1. The molecule has 1 aliphatic carbocycles. The first kappa shape index (κ1) is 53.7. The summed E-state index contributed by atoms with van der Waals surface area (Å²) in [5.41, 5.74) is 14.9. The highest BCUT2D eigenvalue weighted by Crippen LogP contribution is 2.41. The third kappa shape index (κ3) is 11.8. The molecule has 4 aliphatic rings. The molecular formula is C60H65N11O8S. The number of ether oxygens (including phenoxy) is 3. The smallest absolute Gasteiger partial charge is 0.254 e. The number of thiazole rings is 1. The molecule has 3 saturated heterocycles. The number of piperazine rings is 1. The van der Waals surface area contributed by atoms with Gasteiger partial charge < -0.3 is 54.7 Å². The molecule has 19 nitrogen and oxygen atoms in total. The third-order valence-electron chi connectivity index (χ3n) is 15.5. The van der Waals surface area contributed by atoms with Gasteiger partial charge in [0.25, 0.3) is 5.88 Å². The Balaban J connectivity index is 0.601. The second-order valence-corrected chi connectivity index (χ2v) is 22.3. The van der Waals surface area contributed by atoms with E-state index in [1.165, 1.54) is 4.90 Å². The fraction of sp³-hybridized carbons (Fsp3) is 0.400. The number of pyridine rings is 2. The zero-order valence-electron chi connectivity index (χ0n) is 45.1. The van der Waals surface area contributed by atoms with Crippen LogP contribution >= 0.6 is 11.3 Å². The molecule has 8 heterocycles. The first-order chi connectivity index (χ1) is 38.8. The Bertz CT molecular complexity index is 3360. The van der Waals surface area contributed by atoms with Crippen molar-refractivity contribution < 1.29 is 38.5 Å². The van der Waals surface area contributed by atoms with Gasteiger partial charge in [0.15, 0.2) is 11.6 Å². The van der Waals surface area contributed by atoms with Gasteiger partial charge in [0.2, 0.25) is 17.7 Å². The molecule has 7 aromatic rings. The number of carbonyl (C=O) groups is 2. The Labute approximate surface area is 468 Å². The Morgan fingerprint density at radius 2 is 1.69 bits per heavy atom. The molecule has 20 heteroatoms. The normalized spacial score (nSPS) is 21.1. The largest absolute Gasteiger partial charge is 0.507 e. The molecule has 0 radical (unpaired) electrons. The van der Waals surface area contributed by atoms with Gasteiger partial charge in [-0.3, -0.25) is 9.59 Å². The number of hydrogen-bond acceptors (Lipinski definition) is 18. The molecule has 6 atom stereocenters. The van der Waals surface area contributed by atoms with Crippen molar-refractivity contribution in [1.29, 1.82) is 0 Å². The molecule has 2 unspecified atom stereocenters. The van der Waals surface area contributed by atoms with Gasteiger partial charge in [0.1, 0.15) is 41.4 Å². The minimum Gasteiger partial charge on any atom is -0.507 e. The Morgan fingerprint density at radius 3 is 2.42 bits per heavy atom. The maximum absolute atomic E-state index is 14.2. The molecular weight excluding hydrogens is 1030 g/mol. The highest BCUT2D eigenvalue weighted by molar-refractivity contribution is 7.13. The summed E-state index contributed by atoms with van der Waals surface area (Å²) in [6.45, 7) is 9.61. The van der Waals surface area contributed by atoms with Crippen LogP contribution < -0.4 is 35.1 Å². The number of unbranched alkanes of at least 4 members (excludes halogenated alkanes) is 1. The van der Waals surface area contributed by atoms with E-state index in [-0.39, 0.29) is 72.7 Å². The number of aromatic hydroxyl groups is 1. The van der Waals surface area contributed by atoms with Crippen LogP contribution in [0.1, 0.15) is 100 Å². The molecule has 0 spiro atoms. The van der Waals surface area contributed by atoms with Crippen molar-refractivity contribution in [3.63, 3.8) is 0 Å². The van der Waals surface area contributed by atoms with E-state index in [0.29, 0.717) is 59.6 Å². The molecule has 1 saturated carbocycles. The minimum atomic E-state index is -0.844. The number of rotatable bonds is 18. The first-order valence-electron chi connectivity index (χ1n) is 27.4. The molecule has 3 aliphatic heterocycles. The van der Waals surface area contributed by atoms with Gasteiger partial charge in [-0.1, -0.05) is 56.2 Å². The number of aromatic nitrogens is 6. The fourth-order valence-electron chi connectivity index (χ4n) is 11.3. The second kappa shape index (κ2) is 23.6. The van der Waals surface area contributed by atoms with E-state index in [1.54, 1.807) is 35.7 Å². The highest BCUT2D eigenvalue weighted by atomic mass is 32.1. The summed E-state index contributed by atoms with van der Waals surface area (Å²) in [4.78, 5) is 48.7. The molecule has 2 amide bonds. The summed E-state index contributed by atoms with van der Waals surface area (Å²) in [6.07, 6.45) is 7.53. The van der Waals surface area contributed by atoms with E-state index in [9.17, 15) is 19.8 Å². The maximum Gasteiger partial charge on any atom is 0.254 e. The van der Waals surface area contributed by atoms with Crippen LogP contribution in [0.3, 0.4) is 0 Å². The number of aliphatic hydroxyl groups is 1. The van der Waals surface area contributed by atoms with Crippen molar-refractivity contribution in [3.8, 4) is 56.8 Å². The number of nitrogens with zero attached hydrogens (tertiary/aromatic N) is 9. The zero-order valence-corrected chi connectivity index (χ0v) is 46.0. The Kier molecular flexibility index (Phi) is 15.8. The quantitative estimate of drug-likeness (QED) is 0.0467. The lowest BCUT2D eigenvalue weighted by molar-refractivity contribution is -0.141. The molecule has 80 heavy (non-hydrogen) atoms. The molecule has 4 fully saturated rings. The number of carbonyl (C=O) groups excluding carboxylic acids is 2. The van der Waals surface area contributed by atoms with Crippen LogP contribution in [0.25, 0.3) is 21.7 Å². The molecule has 2 aromatic carbocycles. The Hall–Kier alpha value is -8.28. The number of phenolic OH excluding ortho intramolecular Hbond substituents is 1. The number of β-amino-alcohol motifs (C(OH)–C–C–N with tert-alkyl or cyclic N) is 1. The predicted molar refractivity (Wildman–Crippen MR) is 302 cm³/mol. The summed E-state index contributed by atoms with van der Waals surface area (Å²) >= 11 is 1.58. The monoisotopic (exact) mass is 1100 g/mol. The molecule has 11 rings (SSSR count). The fourth-order valence-corrected chi connectivity index (χ4v) is 12.1. The summed E-state index contributed by atoms with van der Waals surface area (Å²) in [5.74, 6) is 7.06. The van der Waals surface area contributed by atoms with Gasteiger partial charge in [-0.05, 0) is 97.6 Å². The number of aryl methyl sites for hydroxylation is 1. The van der Waals surface area contributed by atoms with Crippen LogP contribution in [0.5, 0.6) is 23.3 Å². The van der Waals surface area contributed by atoms with Gasteiger partial charge in [0, 0.05) is 87.0 Å². The van der Waals surface area contributed by atoms with Crippen LogP contribution in [0, 0.1) is 24.7 Å². The number of amides is 2. The predicted octanol–water partition coefficient (Wildman–Crippen LogP) is 8.28. The lowest BCUT2D eigenvalue weighted by Crippen LogP contribution is -2.54. The van der Waals surface area contributed by atoms with Gasteiger partial charge in [-0.15, -0.1) is 21.5 Å². The van der Waals surface area contributed by atoms with Crippen molar-refractivity contribution in [2.75, 3.05) is 41.8 Å². The van der Waals surface area contributed by atoms with Crippen molar-refractivity contribution in [3.05, 3.63) is 126 Å². The van der Waals surface area contributed by atoms with Crippen molar-refractivity contribution >= 4 is 40.3 Å². The van der Waals surface area contributed by atoms with Crippen LogP contribution in [-0.2, 0) is 9.59 Å². The topological polar surface area (TPSA) is 241 Å². The van der Waals surface area contributed by atoms with Gasteiger partial charge >= 0.3 is 0 Å². The van der Waals surface area contributed by atoms with E-state index in [2.05, 4.69) is 63.3 Å². The first-order valence-corrected chi connectivity index (χ1v) is 28.3. The number of fused-ring (bicyclic) bond motifs is 2. The summed E-state index contributed by atoms with van der Waals surface area (Å²) in [7, 11) is 0. The number of phenols is 1. The lowest BCUT2D eigenvalue weighted by atomic mass is 9.91. The van der Waals surface area contributed by atoms with Crippen molar-refractivity contribution in [1.82, 2.24) is 40.5 Å². The van der Waals surface area contributed by atoms with Gasteiger partial charge in [0.05, 0.1) is 52.4 Å². The van der Waals surface area contributed by atoms with Crippen LogP contribution in [-0.4, -0.2) is 120 Å².